The maximum atomic E-state index is 12.7. The summed E-state index contributed by atoms with van der Waals surface area (Å²) in [7, 11) is -24.1. The van der Waals surface area contributed by atoms with E-state index in [-0.39, 0.29) is 37.4 Å². The van der Waals surface area contributed by atoms with E-state index in [0.29, 0.717) is 25.7 Å². The number of rotatable bonds is 22. The number of hydrogen-bond acceptors (Lipinski definition) is 19. The van der Waals surface area contributed by atoms with Crippen molar-refractivity contribution in [3.8, 4) is 0 Å². The summed E-state index contributed by atoms with van der Waals surface area (Å²) in [6.07, 6.45) is -15.1. The molecule has 0 radical (unpaired) electrons. The molecule has 0 aromatic heterocycles. The van der Waals surface area contributed by atoms with Crippen molar-refractivity contribution >= 4 is 43.2 Å². The first-order valence-corrected chi connectivity index (χ1v) is 19.9. The van der Waals surface area contributed by atoms with Gasteiger partial charge in [-0.05, 0) is 12.8 Å². The molecule has 1 rings (SSSR count). The third-order valence-electron chi connectivity index (χ3n) is 6.13. The number of phosphoric acid groups is 4. The quantitative estimate of drug-likeness (QED) is 0.0368. The second kappa shape index (κ2) is 25.3. The van der Waals surface area contributed by atoms with Crippen LogP contribution in [-0.2, 0) is 59.9 Å². The summed E-state index contributed by atoms with van der Waals surface area (Å²) in [5, 5.41) is 21.2. The monoisotopic (exact) mass is 838 g/mol. The van der Waals surface area contributed by atoms with Crippen molar-refractivity contribution in [2.45, 2.75) is 108 Å². The van der Waals surface area contributed by atoms with Gasteiger partial charge in [0.05, 0.1) is 6.61 Å². The highest BCUT2D eigenvalue weighted by Gasteiger charge is 2.56. The third kappa shape index (κ3) is 23.5. The molecule has 51 heavy (non-hydrogen) atoms. The Morgan fingerprint density at radius 1 is 0.608 bits per heavy atom. The van der Waals surface area contributed by atoms with Gasteiger partial charge in [-0.2, -0.15) is 0 Å². The van der Waals surface area contributed by atoms with Crippen LogP contribution in [0.3, 0.4) is 0 Å². The molecule has 1 saturated carbocycles. The molecule has 0 spiro atoms. The second-order valence-electron chi connectivity index (χ2n) is 10.1. The van der Waals surface area contributed by atoms with Crippen LogP contribution in [0, 0.1) is 0 Å². The Bertz CT molecular complexity index is 1160. The predicted molar refractivity (Wildman–Crippen MR) is 168 cm³/mol. The Kier molecular flexibility index (Phi) is 28.2. The van der Waals surface area contributed by atoms with Crippen LogP contribution in [0.2, 0.25) is 0 Å². The van der Waals surface area contributed by atoms with E-state index in [1.807, 2.05) is 13.8 Å². The SMILES string of the molecule is CCCCCC(=O)OC[C@@H](COP(=O)([O-])OC1[C@H](O)[C@H](OP(=O)([O-])O)C(OP(=O)([O-])O)[C@H](OP(=O)([O-])O)[C@H]1O)OC(=O)CCCCC.[NH4+].[NH4+].[NH4+].[NH4+]. The highest BCUT2D eigenvalue weighted by atomic mass is 31.2. The predicted octanol–water partition coefficient (Wildman–Crippen LogP) is -0.750. The second-order valence-corrected chi connectivity index (χ2v) is 14.9. The lowest BCUT2D eigenvalue weighted by Crippen LogP contribution is -2.66. The smallest absolute Gasteiger partial charge is 0.306 e. The van der Waals surface area contributed by atoms with Crippen molar-refractivity contribution in [3.63, 3.8) is 0 Å². The first-order chi connectivity index (χ1) is 21.5. The van der Waals surface area contributed by atoms with Gasteiger partial charge in [0.25, 0.3) is 31.3 Å². The Labute approximate surface area is 293 Å². The number of esters is 2. The molecule has 26 nitrogen and oxygen atoms in total. The zero-order valence-corrected chi connectivity index (χ0v) is 32.7. The first-order valence-electron chi connectivity index (χ1n) is 14.0. The number of unbranched alkanes of at least 4 members (excludes halogenated alkanes) is 4. The van der Waals surface area contributed by atoms with Crippen LogP contribution in [0.5, 0.6) is 0 Å². The normalized spacial score (nSPS) is 26.7. The lowest BCUT2D eigenvalue weighted by molar-refractivity contribution is -0.286. The maximum Gasteiger partial charge on any atom is 0.306 e. The van der Waals surface area contributed by atoms with Gasteiger partial charge in [0.15, 0.2) is 6.10 Å². The van der Waals surface area contributed by atoms with E-state index in [1.54, 1.807) is 0 Å². The molecule has 0 amide bonds. The molecule has 0 aliphatic heterocycles. The Morgan fingerprint density at radius 3 is 1.39 bits per heavy atom. The summed E-state index contributed by atoms with van der Waals surface area (Å²) >= 11 is 0. The molecular weight excluding hydrogens is 784 g/mol. The summed E-state index contributed by atoms with van der Waals surface area (Å²) in [5.41, 5.74) is 0. The van der Waals surface area contributed by atoms with Gasteiger partial charge in [-0.1, -0.05) is 39.5 Å². The van der Waals surface area contributed by atoms with Crippen LogP contribution in [0.1, 0.15) is 65.2 Å². The zero-order chi connectivity index (χ0) is 36.2. The average molecular weight is 839 g/mol. The van der Waals surface area contributed by atoms with Crippen LogP contribution >= 0.6 is 31.3 Å². The Balaban J connectivity index is -0.00000276. The van der Waals surface area contributed by atoms with Crippen LogP contribution in [0.25, 0.3) is 0 Å². The molecule has 0 aromatic rings. The Morgan fingerprint density at radius 2 is 1.00 bits per heavy atom. The van der Waals surface area contributed by atoms with Crippen LogP contribution in [0.15, 0.2) is 0 Å². The number of ether oxygens (including phenoxy) is 2. The van der Waals surface area contributed by atoms with Gasteiger partial charge in [0.2, 0.25) is 0 Å². The van der Waals surface area contributed by atoms with Crippen LogP contribution in [0.4, 0.5) is 0 Å². The molecule has 6 unspecified atom stereocenters. The number of carbonyl (C=O) groups excluding carboxylic acids is 2. The molecule has 21 N–H and O–H groups in total. The lowest BCUT2D eigenvalue weighted by atomic mass is 9.85. The number of hydrogen-bond donors (Lipinski definition) is 9. The van der Waals surface area contributed by atoms with Gasteiger partial charge in [-0.25, -0.2) is 0 Å². The minimum absolute atomic E-state index is 0. The van der Waals surface area contributed by atoms with E-state index in [1.165, 1.54) is 0 Å². The van der Waals surface area contributed by atoms with Crippen molar-refractivity contribution in [1.29, 1.82) is 0 Å². The molecule has 0 heterocycles. The fourth-order valence-corrected chi connectivity index (χ4v) is 6.72. The van der Waals surface area contributed by atoms with Crippen molar-refractivity contribution in [1.82, 2.24) is 24.6 Å². The highest BCUT2D eigenvalue weighted by molar-refractivity contribution is 7.46. The molecular formula is C21H54N4O22P4. The number of carbonyl (C=O) groups is 2. The van der Waals surface area contributed by atoms with E-state index in [4.69, 9.17) is 24.2 Å². The van der Waals surface area contributed by atoms with Gasteiger partial charge in [-0.15, -0.1) is 0 Å². The Hall–Kier alpha value is -0.860. The van der Waals surface area contributed by atoms with Crippen LogP contribution in [-0.4, -0.2) is 92.8 Å². The standard InChI is InChI=1S/C21H42O22P4.4H3N/c1-3-5-7-9-14(22)37-11-13(39-15(23)10-8-6-4-2)12-38-47(35,36)43-18-16(24)19(40-44(26,27)28)21(42-46(32,33)34)20(17(18)25)41-45(29,30)31;;;;/h13,16-21,24-25H,3-12H2,1-2H3,(H,35,36)(H2,26,27,28)(H2,29,30,31)(H2,32,33,34);4*1H3/t13-,16-,17-,18?,19-,20+,21?;;;;/m0..../s1. The third-order valence-corrected chi connectivity index (χ3v) is 8.62. The number of aliphatic hydroxyl groups is 2. The number of aliphatic hydroxyl groups excluding tert-OH is 2. The van der Waals surface area contributed by atoms with Crippen molar-refractivity contribution < 1.29 is 104 Å². The highest BCUT2D eigenvalue weighted by Crippen LogP contribution is 2.50. The minimum Gasteiger partial charge on any atom is -0.756 e. The molecule has 1 aliphatic carbocycles. The van der Waals surface area contributed by atoms with E-state index in [2.05, 4.69) is 22.6 Å². The van der Waals surface area contributed by atoms with Gasteiger partial charge in [0, 0.05) is 12.8 Å². The van der Waals surface area contributed by atoms with E-state index in [9.17, 15) is 57.6 Å². The molecule has 1 aliphatic rings. The number of phosphoric ester groups is 4. The fourth-order valence-electron chi connectivity index (χ4n) is 4.11. The van der Waals surface area contributed by atoms with Crippen molar-refractivity contribution in [2.75, 3.05) is 13.2 Å². The van der Waals surface area contributed by atoms with E-state index >= 15 is 0 Å². The molecule has 0 aromatic carbocycles. The van der Waals surface area contributed by atoms with Gasteiger partial charge < -0.3 is 101 Å². The summed E-state index contributed by atoms with van der Waals surface area (Å²) in [6, 6.07) is 0. The van der Waals surface area contributed by atoms with Gasteiger partial charge in [0.1, 0.15) is 43.2 Å². The molecule has 30 heteroatoms. The van der Waals surface area contributed by atoms with Gasteiger partial charge in [-0.3, -0.25) is 27.8 Å². The topological polar surface area (TPSA) is 506 Å². The van der Waals surface area contributed by atoms with Crippen molar-refractivity contribution in [2.24, 2.45) is 0 Å². The maximum absolute atomic E-state index is 12.7. The van der Waals surface area contributed by atoms with Crippen molar-refractivity contribution in [3.05, 3.63) is 0 Å². The summed E-state index contributed by atoms with van der Waals surface area (Å²) in [5.74, 6) is -1.53. The van der Waals surface area contributed by atoms with E-state index in [0.717, 1.165) is 12.8 Å². The van der Waals surface area contributed by atoms with E-state index < -0.39 is 99.2 Å². The molecule has 1 fully saturated rings. The fraction of sp³-hybridized carbons (Fsp3) is 0.905. The minimum atomic E-state index is -6.06. The molecule has 310 valence electrons. The molecule has 11 atom stereocenters. The summed E-state index contributed by atoms with van der Waals surface area (Å²) in [6.45, 7) is 1.96. The summed E-state index contributed by atoms with van der Waals surface area (Å²) in [4.78, 5) is 98.5. The zero-order valence-electron chi connectivity index (χ0n) is 29.1. The van der Waals surface area contributed by atoms with Gasteiger partial charge >= 0.3 is 11.9 Å². The van der Waals surface area contributed by atoms with Crippen LogP contribution < -0.4 is 44.2 Å². The number of quaternary nitrogens is 4. The largest absolute Gasteiger partial charge is 0.756 e. The molecule has 0 bridgehead atoms. The lowest BCUT2D eigenvalue weighted by Gasteiger charge is -2.49. The summed E-state index contributed by atoms with van der Waals surface area (Å²) < 4.78 is 78.5. The first kappa shape index (κ1) is 56.9. The molecule has 0 saturated heterocycles. The average Bonchev–Trinajstić information content (AvgIpc) is 2.91.